The van der Waals surface area contributed by atoms with Gasteiger partial charge < -0.3 is 9.47 Å². The molecular weight excluding hydrogens is 240 g/mol. The van der Waals surface area contributed by atoms with E-state index in [1.165, 1.54) is 20.3 Å². The summed E-state index contributed by atoms with van der Waals surface area (Å²) < 4.78 is 9.67. The summed E-state index contributed by atoms with van der Waals surface area (Å²) in [6.45, 7) is 0. The predicted molar refractivity (Wildman–Crippen MR) is 76.6 cm³/mol. The van der Waals surface area contributed by atoms with Crippen LogP contribution in [-0.2, 0) is 14.3 Å². The van der Waals surface area contributed by atoms with E-state index < -0.39 is 6.29 Å². The van der Waals surface area contributed by atoms with Gasteiger partial charge in [0.1, 0.15) is 0 Å². The van der Waals surface area contributed by atoms with Gasteiger partial charge in [0.2, 0.25) is 12.1 Å². The summed E-state index contributed by atoms with van der Waals surface area (Å²) in [5.41, 5.74) is 1.13. The van der Waals surface area contributed by atoms with Crippen molar-refractivity contribution >= 4 is 11.9 Å². The highest BCUT2D eigenvalue weighted by Crippen LogP contribution is 2.01. The van der Waals surface area contributed by atoms with Crippen LogP contribution in [0.2, 0.25) is 0 Å². The molecule has 0 saturated heterocycles. The third kappa shape index (κ3) is 5.95. The first-order chi connectivity index (χ1) is 9.27. The Balaban J connectivity index is 2.42. The highest BCUT2D eigenvalue weighted by Gasteiger charge is 2.11. The molecule has 0 aliphatic carbocycles. The highest BCUT2D eigenvalue weighted by molar-refractivity contribution is 5.92. The topological polar surface area (TPSA) is 35.5 Å². The number of ketones is 1. The maximum Gasteiger partial charge on any atom is 0.221 e. The molecule has 1 rings (SSSR count). The van der Waals surface area contributed by atoms with Gasteiger partial charge in [0.25, 0.3) is 0 Å². The minimum Gasteiger partial charge on any atom is -0.349 e. The second kappa shape index (κ2) is 9.03. The number of ether oxygens (including phenoxy) is 2. The summed E-state index contributed by atoms with van der Waals surface area (Å²) >= 11 is 0. The molecule has 0 aliphatic rings. The molecule has 19 heavy (non-hydrogen) atoms. The Bertz CT molecular complexity index is 454. The lowest BCUT2D eigenvalue weighted by atomic mass is 10.2. The molecule has 0 fully saturated rings. The first kappa shape index (κ1) is 15.1. The van der Waals surface area contributed by atoms with Crippen molar-refractivity contribution < 1.29 is 14.3 Å². The first-order valence-electron chi connectivity index (χ1n) is 5.94. The summed E-state index contributed by atoms with van der Waals surface area (Å²) in [5.74, 6) is -0.221. The van der Waals surface area contributed by atoms with Crippen molar-refractivity contribution in [3.63, 3.8) is 0 Å². The standard InChI is InChI=1S/C16H18O3/c1-18-16(19-2)15(17)13-9-4-3-6-10-14-11-7-5-8-12-14/h3-13,16H,1-2H3. The zero-order chi connectivity index (χ0) is 13.9. The minimum absolute atomic E-state index is 0.221. The van der Waals surface area contributed by atoms with E-state index in [1.54, 1.807) is 12.2 Å². The van der Waals surface area contributed by atoms with E-state index in [9.17, 15) is 4.79 Å². The van der Waals surface area contributed by atoms with Crippen molar-refractivity contribution in [2.24, 2.45) is 0 Å². The number of hydrogen-bond acceptors (Lipinski definition) is 3. The summed E-state index contributed by atoms with van der Waals surface area (Å²) in [6, 6.07) is 9.98. The van der Waals surface area contributed by atoms with Crippen molar-refractivity contribution in [3.05, 3.63) is 66.3 Å². The third-order valence-corrected chi connectivity index (χ3v) is 2.34. The second-order valence-electron chi connectivity index (χ2n) is 3.72. The van der Waals surface area contributed by atoms with Gasteiger partial charge >= 0.3 is 0 Å². The molecule has 1 aromatic rings. The monoisotopic (exact) mass is 258 g/mol. The molecule has 3 nitrogen and oxygen atoms in total. The molecule has 0 saturated carbocycles. The van der Waals surface area contributed by atoms with Gasteiger partial charge in [-0.3, -0.25) is 4.79 Å². The number of benzene rings is 1. The number of methoxy groups -OCH3 is 2. The summed E-state index contributed by atoms with van der Waals surface area (Å²) in [4.78, 5) is 11.5. The van der Waals surface area contributed by atoms with Gasteiger partial charge in [-0.2, -0.15) is 0 Å². The van der Waals surface area contributed by atoms with Crippen LogP contribution in [0.5, 0.6) is 0 Å². The second-order valence-corrected chi connectivity index (χ2v) is 3.72. The molecule has 100 valence electrons. The van der Waals surface area contributed by atoms with Gasteiger partial charge in [-0.15, -0.1) is 0 Å². The average molecular weight is 258 g/mol. The fraction of sp³-hybridized carbons (Fsp3) is 0.188. The van der Waals surface area contributed by atoms with Crippen molar-refractivity contribution in [2.75, 3.05) is 14.2 Å². The van der Waals surface area contributed by atoms with Gasteiger partial charge in [0.05, 0.1) is 0 Å². The van der Waals surface area contributed by atoms with Gasteiger partial charge in [0.15, 0.2) is 0 Å². The van der Waals surface area contributed by atoms with Crippen LogP contribution in [0.4, 0.5) is 0 Å². The molecule has 0 N–H and O–H groups in total. The zero-order valence-electron chi connectivity index (χ0n) is 11.2. The highest BCUT2D eigenvalue weighted by atomic mass is 16.7. The number of allylic oxidation sites excluding steroid dienone is 4. The summed E-state index contributed by atoms with van der Waals surface area (Å²) in [6.07, 6.45) is 9.77. The van der Waals surface area contributed by atoms with Crippen LogP contribution < -0.4 is 0 Å². The molecule has 0 radical (unpaired) electrons. The smallest absolute Gasteiger partial charge is 0.221 e. The Morgan fingerprint density at radius 1 is 1.00 bits per heavy atom. The van der Waals surface area contributed by atoms with Crippen LogP contribution in [0.3, 0.4) is 0 Å². The van der Waals surface area contributed by atoms with Crippen molar-refractivity contribution in [2.45, 2.75) is 6.29 Å². The number of carbonyl (C=O) groups excluding carboxylic acids is 1. The maximum atomic E-state index is 11.5. The van der Waals surface area contributed by atoms with Crippen LogP contribution in [0.25, 0.3) is 6.08 Å². The molecule has 3 heteroatoms. The zero-order valence-corrected chi connectivity index (χ0v) is 11.2. The average Bonchev–Trinajstić information content (AvgIpc) is 2.45. The molecule has 1 aromatic carbocycles. The van der Waals surface area contributed by atoms with Gasteiger partial charge in [-0.1, -0.05) is 60.7 Å². The molecule has 0 aliphatic heterocycles. The van der Waals surface area contributed by atoms with Crippen LogP contribution in [0, 0.1) is 0 Å². The summed E-state index contributed by atoms with van der Waals surface area (Å²) in [7, 11) is 2.86. The fourth-order valence-corrected chi connectivity index (χ4v) is 1.42. The Hall–Kier alpha value is -1.97. The molecule has 0 aromatic heterocycles. The van der Waals surface area contributed by atoms with E-state index in [4.69, 9.17) is 9.47 Å². The maximum absolute atomic E-state index is 11.5. The molecule has 0 heterocycles. The SMILES string of the molecule is COC(OC)C(=O)C=CC=CC=Cc1ccccc1. The Morgan fingerprint density at radius 3 is 2.26 bits per heavy atom. The van der Waals surface area contributed by atoms with E-state index in [1.807, 2.05) is 48.6 Å². The Labute approximate surface area is 113 Å². The van der Waals surface area contributed by atoms with Crippen molar-refractivity contribution in [3.8, 4) is 0 Å². The van der Waals surface area contributed by atoms with E-state index in [2.05, 4.69) is 0 Å². The molecule has 0 atom stereocenters. The van der Waals surface area contributed by atoms with Gasteiger partial charge in [0, 0.05) is 14.2 Å². The van der Waals surface area contributed by atoms with Crippen molar-refractivity contribution in [1.29, 1.82) is 0 Å². The van der Waals surface area contributed by atoms with E-state index in [0.29, 0.717) is 0 Å². The number of rotatable bonds is 7. The first-order valence-corrected chi connectivity index (χ1v) is 5.94. The lowest BCUT2D eigenvalue weighted by Gasteiger charge is -2.08. The predicted octanol–water partition coefficient (Wildman–Crippen LogP) is 3.00. The van der Waals surface area contributed by atoms with Crippen LogP contribution in [0.1, 0.15) is 5.56 Å². The molecule has 0 amide bonds. The van der Waals surface area contributed by atoms with Gasteiger partial charge in [-0.05, 0) is 11.6 Å². The number of hydrogen-bond donors (Lipinski definition) is 0. The summed E-state index contributed by atoms with van der Waals surface area (Å²) in [5, 5.41) is 0. The van der Waals surface area contributed by atoms with Crippen molar-refractivity contribution in [1.82, 2.24) is 0 Å². The molecule has 0 bridgehead atoms. The van der Waals surface area contributed by atoms with Gasteiger partial charge in [-0.25, -0.2) is 0 Å². The minimum atomic E-state index is -0.829. The normalized spacial score (nSPS) is 12.2. The third-order valence-electron chi connectivity index (χ3n) is 2.34. The molecular formula is C16H18O3. The van der Waals surface area contributed by atoms with Crippen LogP contribution in [-0.4, -0.2) is 26.3 Å². The van der Waals surface area contributed by atoms with Crippen LogP contribution >= 0.6 is 0 Å². The lowest BCUT2D eigenvalue weighted by molar-refractivity contribution is -0.151. The largest absolute Gasteiger partial charge is 0.349 e. The molecule has 0 unspecified atom stereocenters. The van der Waals surface area contributed by atoms with E-state index in [-0.39, 0.29) is 5.78 Å². The van der Waals surface area contributed by atoms with E-state index in [0.717, 1.165) is 5.56 Å². The van der Waals surface area contributed by atoms with Crippen LogP contribution in [0.15, 0.2) is 60.7 Å². The lowest BCUT2D eigenvalue weighted by Crippen LogP contribution is -2.22. The fourth-order valence-electron chi connectivity index (χ4n) is 1.42. The van der Waals surface area contributed by atoms with E-state index >= 15 is 0 Å². The Morgan fingerprint density at radius 2 is 1.63 bits per heavy atom. The molecule has 0 spiro atoms. The quantitative estimate of drug-likeness (QED) is 0.428. The Kier molecular flexibility index (Phi) is 7.17. The number of carbonyl (C=O) groups is 1.